The number of nitrogens with one attached hydrogen (secondary N) is 1. The van der Waals surface area contributed by atoms with E-state index in [0.29, 0.717) is 0 Å². The first-order valence-corrected chi connectivity index (χ1v) is 7.46. The Morgan fingerprint density at radius 1 is 1.29 bits per heavy atom. The average molecular weight is 250 g/mol. The van der Waals surface area contributed by atoms with E-state index in [2.05, 4.69) is 34.5 Å². The molecule has 0 aliphatic carbocycles. The Labute approximate surface area is 109 Å². The molecule has 94 valence electrons. The van der Waals surface area contributed by atoms with Crippen LogP contribution in [0.15, 0.2) is 29.2 Å². The number of rotatable bonds is 6. The van der Waals surface area contributed by atoms with Crippen molar-refractivity contribution >= 4 is 11.8 Å². The molecule has 0 radical (unpaired) electrons. The molecule has 0 spiro atoms. The molecular weight excluding hydrogens is 228 g/mol. The summed E-state index contributed by atoms with van der Waals surface area (Å²) in [5.41, 5.74) is 1.37. The molecule has 1 aromatic rings. The summed E-state index contributed by atoms with van der Waals surface area (Å²) in [5, 5.41) is 3.19. The van der Waals surface area contributed by atoms with Crippen LogP contribution in [0.2, 0.25) is 0 Å². The maximum atomic E-state index is 3.19. The molecule has 2 rings (SSSR count). The van der Waals surface area contributed by atoms with Gasteiger partial charge in [-0.25, -0.2) is 0 Å². The number of likely N-dealkylation sites (tertiary alicyclic amines) is 1. The summed E-state index contributed by atoms with van der Waals surface area (Å²) in [4.78, 5) is 3.97. The number of nitrogens with zero attached hydrogens (tertiary/aromatic N) is 1. The molecular formula is C14H22N2S. The molecule has 0 saturated carbocycles. The second kappa shape index (κ2) is 7.04. The van der Waals surface area contributed by atoms with Crippen LogP contribution in [0.4, 0.5) is 0 Å². The van der Waals surface area contributed by atoms with Gasteiger partial charge in [0, 0.05) is 23.7 Å². The lowest BCUT2D eigenvalue weighted by Crippen LogP contribution is -2.21. The second-order valence-electron chi connectivity index (χ2n) is 4.57. The van der Waals surface area contributed by atoms with Gasteiger partial charge in [0.05, 0.1) is 0 Å². The van der Waals surface area contributed by atoms with E-state index in [-0.39, 0.29) is 0 Å². The molecule has 0 unspecified atom stereocenters. The number of hydrogen-bond donors (Lipinski definition) is 1. The maximum Gasteiger partial charge on any atom is 0.0202 e. The van der Waals surface area contributed by atoms with Crippen LogP contribution in [0.5, 0.6) is 0 Å². The van der Waals surface area contributed by atoms with Gasteiger partial charge in [0.2, 0.25) is 0 Å². The Hall–Kier alpha value is -0.510. The lowest BCUT2D eigenvalue weighted by Gasteiger charge is -2.13. The van der Waals surface area contributed by atoms with Crippen molar-refractivity contribution in [3.05, 3.63) is 29.8 Å². The molecule has 1 heterocycles. The van der Waals surface area contributed by atoms with Gasteiger partial charge in [0.1, 0.15) is 0 Å². The van der Waals surface area contributed by atoms with Crippen LogP contribution in [0, 0.1) is 0 Å². The van der Waals surface area contributed by atoms with Gasteiger partial charge in [0.15, 0.2) is 0 Å². The molecule has 0 bridgehead atoms. The quantitative estimate of drug-likeness (QED) is 0.781. The van der Waals surface area contributed by atoms with E-state index in [1.807, 2.05) is 18.8 Å². The molecule has 1 fully saturated rings. The molecule has 1 N–H and O–H groups in total. The SMILES string of the molecule is CNCc1cccc(SCCN2CCCC2)c1. The first-order valence-electron chi connectivity index (χ1n) is 6.47. The predicted molar refractivity (Wildman–Crippen MR) is 75.6 cm³/mol. The highest BCUT2D eigenvalue weighted by Crippen LogP contribution is 2.20. The van der Waals surface area contributed by atoms with Crippen molar-refractivity contribution in [2.75, 3.05) is 32.4 Å². The fourth-order valence-corrected chi connectivity index (χ4v) is 3.24. The summed E-state index contributed by atoms with van der Waals surface area (Å²) in [6, 6.07) is 8.85. The van der Waals surface area contributed by atoms with Gasteiger partial charge in [-0.05, 0) is 50.7 Å². The van der Waals surface area contributed by atoms with Crippen molar-refractivity contribution in [1.82, 2.24) is 10.2 Å². The van der Waals surface area contributed by atoms with E-state index in [4.69, 9.17) is 0 Å². The van der Waals surface area contributed by atoms with Crippen molar-refractivity contribution in [3.63, 3.8) is 0 Å². The van der Waals surface area contributed by atoms with Gasteiger partial charge in [-0.1, -0.05) is 12.1 Å². The summed E-state index contributed by atoms with van der Waals surface area (Å²) < 4.78 is 0. The van der Waals surface area contributed by atoms with Gasteiger partial charge >= 0.3 is 0 Å². The summed E-state index contributed by atoms with van der Waals surface area (Å²) in [6.07, 6.45) is 2.78. The fraction of sp³-hybridized carbons (Fsp3) is 0.571. The Bertz CT molecular complexity index is 335. The molecule has 17 heavy (non-hydrogen) atoms. The average Bonchev–Trinajstić information content (AvgIpc) is 2.83. The summed E-state index contributed by atoms with van der Waals surface area (Å²) in [7, 11) is 1.99. The van der Waals surface area contributed by atoms with E-state index >= 15 is 0 Å². The van der Waals surface area contributed by atoms with Gasteiger partial charge in [-0.15, -0.1) is 11.8 Å². The lowest BCUT2D eigenvalue weighted by molar-refractivity contribution is 0.362. The highest BCUT2D eigenvalue weighted by atomic mass is 32.2. The summed E-state index contributed by atoms with van der Waals surface area (Å²) in [6.45, 7) is 4.81. The van der Waals surface area contributed by atoms with Crippen molar-refractivity contribution in [1.29, 1.82) is 0 Å². The summed E-state index contributed by atoms with van der Waals surface area (Å²) >= 11 is 1.98. The molecule has 2 nitrogen and oxygen atoms in total. The third-order valence-corrected chi connectivity index (χ3v) is 4.13. The Kier molecular flexibility index (Phi) is 5.36. The minimum Gasteiger partial charge on any atom is -0.316 e. The van der Waals surface area contributed by atoms with Gasteiger partial charge < -0.3 is 10.2 Å². The molecule has 1 aliphatic rings. The molecule has 0 atom stereocenters. The normalized spacial score (nSPS) is 16.5. The van der Waals surface area contributed by atoms with Crippen LogP contribution in [0.25, 0.3) is 0 Å². The molecule has 1 saturated heterocycles. The zero-order chi connectivity index (χ0) is 11.9. The van der Waals surface area contributed by atoms with Crippen LogP contribution < -0.4 is 5.32 Å². The van der Waals surface area contributed by atoms with E-state index in [1.165, 1.54) is 48.7 Å². The molecule has 0 aromatic heterocycles. The van der Waals surface area contributed by atoms with Gasteiger partial charge in [0.25, 0.3) is 0 Å². The molecule has 3 heteroatoms. The van der Waals surface area contributed by atoms with E-state index < -0.39 is 0 Å². The largest absolute Gasteiger partial charge is 0.316 e. The first-order chi connectivity index (χ1) is 8.38. The van der Waals surface area contributed by atoms with Crippen LogP contribution in [0.3, 0.4) is 0 Å². The highest BCUT2D eigenvalue weighted by molar-refractivity contribution is 7.99. The standard InChI is InChI=1S/C14H22N2S/c1-15-12-13-5-4-6-14(11-13)17-10-9-16-7-2-3-8-16/h4-6,11,15H,2-3,7-10,12H2,1H3. The Morgan fingerprint density at radius 2 is 2.12 bits per heavy atom. The van der Waals surface area contributed by atoms with Crippen LogP contribution in [0.1, 0.15) is 18.4 Å². The van der Waals surface area contributed by atoms with Crippen molar-refractivity contribution in [2.45, 2.75) is 24.3 Å². The third-order valence-electron chi connectivity index (χ3n) is 3.15. The molecule has 1 aromatic carbocycles. The minimum absolute atomic E-state index is 0.959. The second-order valence-corrected chi connectivity index (χ2v) is 5.74. The first kappa shape index (κ1) is 12.9. The Balaban J connectivity index is 1.75. The molecule has 1 aliphatic heterocycles. The summed E-state index contributed by atoms with van der Waals surface area (Å²) in [5.74, 6) is 1.21. The van der Waals surface area contributed by atoms with Gasteiger partial charge in [-0.2, -0.15) is 0 Å². The fourth-order valence-electron chi connectivity index (χ4n) is 2.25. The lowest BCUT2D eigenvalue weighted by atomic mass is 10.2. The number of hydrogen-bond acceptors (Lipinski definition) is 3. The maximum absolute atomic E-state index is 3.19. The predicted octanol–water partition coefficient (Wildman–Crippen LogP) is 2.59. The minimum atomic E-state index is 0.959. The number of thioether (sulfide) groups is 1. The number of benzene rings is 1. The van der Waals surface area contributed by atoms with Gasteiger partial charge in [-0.3, -0.25) is 0 Å². The van der Waals surface area contributed by atoms with Crippen LogP contribution >= 0.6 is 11.8 Å². The van der Waals surface area contributed by atoms with Crippen LogP contribution in [-0.2, 0) is 6.54 Å². The Morgan fingerprint density at radius 3 is 2.88 bits per heavy atom. The van der Waals surface area contributed by atoms with Crippen LogP contribution in [-0.4, -0.2) is 37.3 Å². The van der Waals surface area contributed by atoms with Crippen molar-refractivity contribution in [2.24, 2.45) is 0 Å². The smallest absolute Gasteiger partial charge is 0.0202 e. The van der Waals surface area contributed by atoms with E-state index in [0.717, 1.165) is 6.54 Å². The van der Waals surface area contributed by atoms with E-state index in [9.17, 15) is 0 Å². The monoisotopic (exact) mass is 250 g/mol. The topological polar surface area (TPSA) is 15.3 Å². The zero-order valence-corrected chi connectivity index (χ0v) is 11.4. The van der Waals surface area contributed by atoms with E-state index in [1.54, 1.807) is 0 Å². The third kappa shape index (κ3) is 4.34. The van der Waals surface area contributed by atoms with Crippen molar-refractivity contribution in [3.8, 4) is 0 Å². The molecule has 0 amide bonds. The van der Waals surface area contributed by atoms with Crippen molar-refractivity contribution < 1.29 is 0 Å². The zero-order valence-electron chi connectivity index (χ0n) is 10.6. The highest BCUT2D eigenvalue weighted by Gasteiger charge is 2.10.